The summed E-state index contributed by atoms with van der Waals surface area (Å²) in [6.45, 7) is 4.87. The second-order valence-corrected chi connectivity index (χ2v) is 11.4. The van der Waals surface area contributed by atoms with E-state index >= 15 is 0 Å². The van der Waals surface area contributed by atoms with E-state index in [0.29, 0.717) is 29.1 Å². The Hall–Kier alpha value is -1.40. The number of anilines is 1. The zero-order chi connectivity index (χ0) is 17.6. The quantitative estimate of drug-likeness (QED) is 0.710. The lowest BCUT2D eigenvalue weighted by atomic mass is 10.1. The topological polar surface area (TPSA) is 106 Å². The zero-order valence-electron chi connectivity index (χ0n) is 14.3. The molecule has 7 nitrogen and oxygen atoms in total. The van der Waals surface area contributed by atoms with E-state index in [0.717, 1.165) is 6.16 Å². The Bertz CT molecular complexity index is 800. The first-order chi connectivity index (χ1) is 11.2. The monoisotopic (exact) mass is 352 g/mol. The molecular formula is C16H25N4O3P. The molecule has 2 aromatic rings. The van der Waals surface area contributed by atoms with Gasteiger partial charge in [0.15, 0.2) is 11.9 Å². The van der Waals surface area contributed by atoms with E-state index in [4.69, 9.17) is 10.5 Å². The number of aliphatic hydroxyl groups is 2. The Morgan fingerprint density at radius 2 is 2.08 bits per heavy atom. The maximum absolute atomic E-state index is 10.5. The maximum Gasteiger partial charge on any atom is 0.165 e. The molecule has 132 valence electrons. The number of aryl methyl sites for hydroxylation is 1. The van der Waals surface area contributed by atoms with E-state index in [-0.39, 0.29) is 0 Å². The average molecular weight is 352 g/mol. The Labute approximate surface area is 141 Å². The number of nitrogens with two attached hydrogens (primary N) is 1. The van der Waals surface area contributed by atoms with Crippen molar-refractivity contribution in [3.8, 4) is 0 Å². The number of pyridine rings is 1. The second kappa shape index (κ2) is 6.15. The van der Waals surface area contributed by atoms with Crippen molar-refractivity contribution in [1.29, 1.82) is 0 Å². The molecule has 24 heavy (non-hydrogen) atoms. The number of hydrogen-bond donors (Lipinski definition) is 3. The third kappa shape index (κ3) is 3.09. The van der Waals surface area contributed by atoms with Crippen molar-refractivity contribution >= 4 is 30.0 Å². The maximum atomic E-state index is 10.5. The third-order valence-electron chi connectivity index (χ3n) is 4.40. The summed E-state index contributed by atoms with van der Waals surface area (Å²) in [6, 6.07) is 1.68. The molecule has 1 saturated heterocycles. The average Bonchev–Trinajstić information content (AvgIpc) is 2.96. The van der Waals surface area contributed by atoms with Gasteiger partial charge in [-0.15, -0.1) is 13.2 Å². The summed E-state index contributed by atoms with van der Waals surface area (Å²) in [4.78, 5) is 8.75. The van der Waals surface area contributed by atoms with Crippen LogP contribution in [0.25, 0.3) is 11.2 Å². The van der Waals surface area contributed by atoms with Crippen molar-refractivity contribution in [2.75, 3.05) is 25.2 Å². The van der Waals surface area contributed by atoms with Crippen LogP contribution in [0.15, 0.2) is 12.3 Å². The number of nitrogens with zero attached hydrogens (tertiary/aromatic N) is 3. The van der Waals surface area contributed by atoms with Crippen LogP contribution in [-0.2, 0) is 4.74 Å². The Morgan fingerprint density at radius 3 is 2.75 bits per heavy atom. The van der Waals surface area contributed by atoms with Crippen LogP contribution in [-0.4, -0.2) is 68.9 Å². The first-order valence-electron chi connectivity index (χ1n) is 7.97. The number of aromatic nitrogens is 3. The number of aliphatic hydroxyl groups excluding tert-OH is 2. The molecule has 0 aromatic carbocycles. The van der Waals surface area contributed by atoms with Gasteiger partial charge in [0.25, 0.3) is 0 Å². The van der Waals surface area contributed by atoms with Gasteiger partial charge >= 0.3 is 0 Å². The number of fused-ring (bicyclic) bond motifs is 1. The fourth-order valence-corrected chi connectivity index (χ4v) is 4.03. The molecule has 4 N–H and O–H groups in total. The molecule has 0 unspecified atom stereocenters. The van der Waals surface area contributed by atoms with Gasteiger partial charge in [-0.05, 0) is 38.9 Å². The minimum Gasteiger partial charge on any atom is -0.397 e. The lowest BCUT2D eigenvalue weighted by Gasteiger charge is -2.19. The van der Waals surface area contributed by atoms with Gasteiger partial charge in [-0.1, -0.05) is 0 Å². The molecule has 1 aliphatic rings. The summed E-state index contributed by atoms with van der Waals surface area (Å²) in [5.41, 5.74) is 7.60. The van der Waals surface area contributed by atoms with Crippen molar-refractivity contribution in [2.24, 2.45) is 0 Å². The van der Waals surface area contributed by atoms with Crippen molar-refractivity contribution in [3.63, 3.8) is 0 Å². The Balaban J connectivity index is 1.92. The summed E-state index contributed by atoms with van der Waals surface area (Å²) < 4.78 is 7.70. The van der Waals surface area contributed by atoms with Crippen LogP contribution in [0.1, 0.15) is 18.5 Å². The van der Waals surface area contributed by atoms with Gasteiger partial charge in [-0.25, -0.2) is 9.97 Å². The van der Waals surface area contributed by atoms with Crippen LogP contribution in [0.3, 0.4) is 0 Å². The van der Waals surface area contributed by atoms with E-state index in [1.165, 1.54) is 0 Å². The predicted molar refractivity (Wildman–Crippen MR) is 98.0 cm³/mol. The van der Waals surface area contributed by atoms with Crippen LogP contribution in [0.5, 0.6) is 0 Å². The fraction of sp³-hybridized carbons (Fsp3) is 0.562. The van der Waals surface area contributed by atoms with E-state index in [9.17, 15) is 10.2 Å². The van der Waals surface area contributed by atoms with Gasteiger partial charge in [0.1, 0.15) is 23.5 Å². The highest BCUT2D eigenvalue weighted by molar-refractivity contribution is 7.72. The SMILES string of the molecule is C=P(C)(C)CC[C@H]1O[C@@H](n2c(C)nc3c(N)ccnc32)[C@H](O)[C@@H]1O. The van der Waals surface area contributed by atoms with Gasteiger partial charge < -0.3 is 20.7 Å². The number of hydrogen-bond acceptors (Lipinski definition) is 6. The first kappa shape index (κ1) is 17.4. The summed E-state index contributed by atoms with van der Waals surface area (Å²) in [6.07, 6.45) is 4.20. The van der Waals surface area contributed by atoms with Crippen molar-refractivity contribution in [3.05, 3.63) is 18.1 Å². The third-order valence-corrected chi connectivity index (χ3v) is 5.87. The van der Waals surface area contributed by atoms with E-state index < -0.39 is 31.4 Å². The normalized spacial score (nSPS) is 27.9. The molecule has 0 spiro atoms. The molecule has 4 atom stereocenters. The van der Waals surface area contributed by atoms with E-state index in [1.807, 2.05) is 6.92 Å². The van der Waals surface area contributed by atoms with Gasteiger partial charge in [0.2, 0.25) is 0 Å². The molecule has 2 aromatic heterocycles. The first-order valence-corrected chi connectivity index (χ1v) is 11.0. The molecule has 8 heteroatoms. The number of ether oxygens (including phenoxy) is 1. The predicted octanol–water partition coefficient (Wildman–Crippen LogP) is 1.04. The van der Waals surface area contributed by atoms with Crippen molar-refractivity contribution < 1.29 is 14.9 Å². The summed E-state index contributed by atoms with van der Waals surface area (Å²) in [7, 11) is 0. The summed E-state index contributed by atoms with van der Waals surface area (Å²) in [5, 5.41) is 20.9. The van der Waals surface area contributed by atoms with Crippen LogP contribution in [0.4, 0.5) is 5.69 Å². The van der Waals surface area contributed by atoms with Gasteiger partial charge in [-0.2, -0.15) is 0 Å². The fourth-order valence-electron chi connectivity index (χ4n) is 3.08. The molecule has 3 rings (SSSR count). The molecule has 0 bridgehead atoms. The van der Waals surface area contributed by atoms with Crippen molar-refractivity contribution in [1.82, 2.24) is 14.5 Å². The highest BCUT2D eigenvalue weighted by Gasteiger charge is 2.44. The Kier molecular flexibility index (Phi) is 4.47. The van der Waals surface area contributed by atoms with E-state index in [1.54, 1.807) is 16.8 Å². The summed E-state index contributed by atoms with van der Waals surface area (Å²) in [5.74, 6) is 0.636. The van der Waals surface area contributed by atoms with Crippen LogP contribution < -0.4 is 5.73 Å². The van der Waals surface area contributed by atoms with Gasteiger partial charge in [0.05, 0.1) is 11.8 Å². The molecule has 1 fully saturated rings. The minimum absolute atomic E-state index is 0.427. The largest absolute Gasteiger partial charge is 0.397 e. The number of imidazole rings is 1. The van der Waals surface area contributed by atoms with Crippen LogP contribution >= 0.6 is 6.89 Å². The molecule has 1 aliphatic heterocycles. The lowest BCUT2D eigenvalue weighted by Crippen LogP contribution is -2.32. The molecule has 3 heterocycles. The van der Waals surface area contributed by atoms with E-state index in [2.05, 4.69) is 29.6 Å². The molecular weight excluding hydrogens is 327 g/mol. The highest BCUT2D eigenvalue weighted by Crippen LogP contribution is 2.40. The minimum atomic E-state index is -1.22. The van der Waals surface area contributed by atoms with Gasteiger partial charge in [-0.3, -0.25) is 4.57 Å². The second-order valence-electron chi connectivity index (χ2n) is 7.10. The van der Waals surface area contributed by atoms with Crippen molar-refractivity contribution in [2.45, 2.75) is 37.9 Å². The molecule has 0 radical (unpaired) electrons. The molecule has 0 aliphatic carbocycles. The smallest absolute Gasteiger partial charge is 0.165 e. The number of rotatable bonds is 4. The summed E-state index contributed by atoms with van der Waals surface area (Å²) >= 11 is 0. The highest BCUT2D eigenvalue weighted by atomic mass is 31.2. The molecule has 0 saturated carbocycles. The standard InChI is InChI=1S/C16H25N4O3P/c1-9-19-12-10(17)5-7-18-15(12)20(9)16-14(22)13(21)11(23-16)6-8-24(2,3)4/h5,7,11,13-14,16,21-22H,2,6,8H2,1,3-4H3,(H2,17,18)/t11-,13-,14-,16-/m1/s1. The number of nitrogen functional groups attached to an aromatic ring is 1. The molecule has 0 amide bonds. The van der Waals surface area contributed by atoms with Crippen LogP contribution in [0.2, 0.25) is 0 Å². The lowest BCUT2D eigenvalue weighted by molar-refractivity contribution is -0.0363. The van der Waals surface area contributed by atoms with Gasteiger partial charge in [0, 0.05) is 6.20 Å². The van der Waals surface area contributed by atoms with Crippen LogP contribution in [0, 0.1) is 6.92 Å². The zero-order valence-corrected chi connectivity index (χ0v) is 15.1. The Morgan fingerprint density at radius 1 is 1.38 bits per heavy atom.